The fraction of sp³-hybridized carbons (Fsp3) is 0.231. The molecule has 0 aliphatic rings. The lowest BCUT2D eigenvalue weighted by atomic mass is 10.1. The molecule has 0 spiro atoms. The van der Waals surface area contributed by atoms with Gasteiger partial charge in [0.2, 0.25) is 0 Å². The van der Waals surface area contributed by atoms with Gasteiger partial charge in [-0.3, -0.25) is 4.72 Å². The lowest BCUT2D eigenvalue weighted by Gasteiger charge is -2.06. The molecule has 16 heavy (non-hydrogen) atoms. The molecule has 0 heterocycles. The van der Waals surface area contributed by atoms with Gasteiger partial charge in [-0.2, -0.15) is 0 Å². The first-order valence-corrected chi connectivity index (χ1v) is 6.10. The molecule has 1 N–H and O–H groups in total. The predicted octanol–water partition coefficient (Wildman–Crippen LogP) is 3.08. The van der Waals surface area contributed by atoms with Crippen molar-refractivity contribution in [3.05, 3.63) is 42.5 Å². The third-order valence-electron chi connectivity index (χ3n) is 2.34. The van der Waals surface area contributed by atoms with Crippen molar-refractivity contribution in [3.63, 3.8) is 0 Å². The van der Waals surface area contributed by atoms with Crippen LogP contribution in [-0.2, 0) is 4.74 Å². The van der Waals surface area contributed by atoms with Crippen LogP contribution in [0, 0.1) is 0 Å². The maximum absolute atomic E-state index is 4.99. The highest BCUT2D eigenvalue weighted by atomic mass is 32.2. The van der Waals surface area contributed by atoms with Crippen LogP contribution >= 0.6 is 11.9 Å². The van der Waals surface area contributed by atoms with Crippen molar-refractivity contribution in [1.82, 2.24) is 4.72 Å². The molecule has 0 saturated heterocycles. The molecule has 84 valence electrons. The van der Waals surface area contributed by atoms with E-state index in [1.165, 1.54) is 15.7 Å². The number of methoxy groups -OCH3 is 1. The van der Waals surface area contributed by atoms with Gasteiger partial charge in [0.1, 0.15) is 0 Å². The number of rotatable bonds is 5. The molecule has 0 fully saturated rings. The van der Waals surface area contributed by atoms with Crippen molar-refractivity contribution in [2.45, 2.75) is 4.90 Å². The van der Waals surface area contributed by atoms with Crippen LogP contribution in [0.25, 0.3) is 10.8 Å². The first-order chi connectivity index (χ1) is 7.92. The summed E-state index contributed by atoms with van der Waals surface area (Å²) in [5, 5.41) is 2.57. The van der Waals surface area contributed by atoms with E-state index in [0.29, 0.717) is 0 Å². The lowest BCUT2D eigenvalue weighted by molar-refractivity contribution is 0.205. The number of benzene rings is 2. The summed E-state index contributed by atoms with van der Waals surface area (Å²) < 4.78 is 8.28. The summed E-state index contributed by atoms with van der Waals surface area (Å²) in [5.74, 6) is 0. The van der Waals surface area contributed by atoms with Gasteiger partial charge in [-0.15, -0.1) is 0 Å². The Hall–Kier alpha value is -1.03. The summed E-state index contributed by atoms with van der Waals surface area (Å²) in [6, 6.07) is 14.8. The molecular formula is C13H15NOS. The topological polar surface area (TPSA) is 21.3 Å². The van der Waals surface area contributed by atoms with E-state index in [1.807, 2.05) is 0 Å². The minimum absolute atomic E-state index is 0.734. The Labute approximate surface area is 100 Å². The van der Waals surface area contributed by atoms with Gasteiger partial charge in [0.15, 0.2) is 0 Å². The van der Waals surface area contributed by atoms with Crippen molar-refractivity contribution < 1.29 is 4.74 Å². The van der Waals surface area contributed by atoms with E-state index in [9.17, 15) is 0 Å². The smallest absolute Gasteiger partial charge is 0.0596 e. The van der Waals surface area contributed by atoms with Crippen molar-refractivity contribution in [1.29, 1.82) is 0 Å². The van der Waals surface area contributed by atoms with Gasteiger partial charge in [-0.1, -0.05) is 36.4 Å². The fourth-order valence-electron chi connectivity index (χ4n) is 1.56. The highest BCUT2D eigenvalue weighted by Crippen LogP contribution is 2.25. The number of fused-ring (bicyclic) bond motifs is 1. The minimum atomic E-state index is 0.734. The second kappa shape index (κ2) is 5.89. The number of hydrogen-bond donors (Lipinski definition) is 1. The molecule has 0 atom stereocenters. The van der Waals surface area contributed by atoms with Crippen molar-refractivity contribution in [2.75, 3.05) is 20.3 Å². The van der Waals surface area contributed by atoms with Crippen LogP contribution in [-0.4, -0.2) is 20.3 Å². The second-order valence-corrected chi connectivity index (χ2v) is 4.40. The SMILES string of the molecule is COCCNSc1cccc2ccccc12. The van der Waals surface area contributed by atoms with E-state index in [1.54, 1.807) is 19.1 Å². The van der Waals surface area contributed by atoms with Gasteiger partial charge in [0.25, 0.3) is 0 Å². The molecule has 3 heteroatoms. The van der Waals surface area contributed by atoms with E-state index < -0.39 is 0 Å². The van der Waals surface area contributed by atoms with E-state index in [-0.39, 0.29) is 0 Å². The first-order valence-electron chi connectivity index (χ1n) is 5.28. The molecule has 0 bridgehead atoms. The Balaban J connectivity index is 2.11. The minimum Gasteiger partial charge on any atom is -0.383 e. The zero-order valence-corrected chi connectivity index (χ0v) is 10.1. The summed E-state index contributed by atoms with van der Waals surface area (Å²) in [6.45, 7) is 1.59. The summed E-state index contributed by atoms with van der Waals surface area (Å²) in [4.78, 5) is 1.26. The average molecular weight is 233 g/mol. The summed E-state index contributed by atoms with van der Waals surface area (Å²) in [5.41, 5.74) is 0. The molecule has 0 aliphatic carbocycles. The van der Waals surface area contributed by atoms with Crippen LogP contribution in [0.2, 0.25) is 0 Å². The van der Waals surface area contributed by atoms with Crippen LogP contribution in [0.15, 0.2) is 47.4 Å². The van der Waals surface area contributed by atoms with Crippen LogP contribution in [0.3, 0.4) is 0 Å². The molecule has 0 saturated carbocycles. The van der Waals surface area contributed by atoms with Gasteiger partial charge < -0.3 is 4.74 Å². The molecule has 2 rings (SSSR count). The largest absolute Gasteiger partial charge is 0.383 e. The molecule has 0 amide bonds. The monoisotopic (exact) mass is 233 g/mol. The Morgan fingerprint density at radius 3 is 2.81 bits per heavy atom. The number of ether oxygens (including phenoxy) is 1. The fourth-order valence-corrected chi connectivity index (χ4v) is 2.34. The molecule has 0 radical (unpaired) electrons. The molecule has 0 aromatic heterocycles. The van der Waals surface area contributed by atoms with Crippen molar-refractivity contribution in [2.24, 2.45) is 0 Å². The van der Waals surface area contributed by atoms with E-state index >= 15 is 0 Å². The van der Waals surface area contributed by atoms with Crippen molar-refractivity contribution in [3.8, 4) is 0 Å². The zero-order chi connectivity index (χ0) is 11.2. The Bertz CT molecular complexity index is 453. The van der Waals surface area contributed by atoms with Gasteiger partial charge >= 0.3 is 0 Å². The van der Waals surface area contributed by atoms with Gasteiger partial charge in [0, 0.05) is 18.6 Å². The van der Waals surface area contributed by atoms with E-state index in [4.69, 9.17) is 4.74 Å². The standard InChI is InChI=1S/C13H15NOS/c1-15-10-9-14-16-13-8-4-6-11-5-2-3-7-12(11)13/h2-8,14H,9-10H2,1H3. The molecule has 2 nitrogen and oxygen atoms in total. The Morgan fingerprint density at radius 2 is 1.94 bits per heavy atom. The molecule has 0 unspecified atom stereocenters. The lowest BCUT2D eigenvalue weighted by Crippen LogP contribution is -2.10. The maximum Gasteiger partial charge on any atom is 0.0596 e. The maximum atomic E-state index is 4.99. The average Bonchev–Trinajstić information content (AvgIpc) is 2.35. The van der Waals surface area contributed by atoms with Crippen LogP contribution in [0.4, 0.5) is 0 Å². The molecule has 2 aromatic carbocycles. The quantitative estimate of drug-likeness (QED) is 0.633. The Morgan fingerprint density at radius 1 is 1.12 bits per heavy atom. The van der Waals surface area contributed by atoms with Crippen molar-refractivity contribution >= 4 is 22.7 Å². The Kier molecular flexibility index (Phi) is 4.22. The highest BCUT2D eigenvalue weighted by Gasteiger charge is 1.99. The van der Waals surface area contributed by atoms with Gasteiger partial charge in [-0.05, 0) is 28.8 Å². The second-order valence-electron chi connectivity index (χ2n) is 3.47. The van der Waals surface area contributed by atoms with Crippen LogP contribution < -0.4 is 4.72 Å². The van der Waals surface area contributed by atoms with E-state index in [2.05, 4.69) is 47.2 Å². The summed E-state index contributed by atoms with van der Waals surface area (Å²) >= 11 is 1.66. The number of nitrogens with one attached hydrogen (secondary N) is 1. The predicted molar refractivity (Wildman–Crippen MR) is 69.7 cm³/mol. The third-order valence-corrected chi connectivity index (χ3v) is 3.26. The van der Waals surface area contributed by atoms with Crippen LogP contribution in [0.5, 0.6) is 0 Å². The summed E-state index contributed by atoms with van der Waals surface area (Å²) in [6.07, 6.45) is 0. The van der Waals surface area contributed by atoms with Crippen LogP contribution in [0.1, 0.15) is 0 Å². The molecule has 0 aliphatic heterocycles. The van der Waals surface area contributed by atoms with Gasteiger partial charge in [0.05, 0.1) is 6.61 Å². The zero-order valence-electron chi connectivity index (χ0n) is 9.27. The van der Waals surface area contributed by atoms with E-state index in [0.717, 1.165) is 13.2 Å². The highest BCUT2D eigenvalue weighted by molar-refractivity contribution is 7.97. The third kappa shape index (κ3) is 2.76. The summed E-state index contributed by atoms with van der Waals surface area (Å²) in [7, 11) is 1.71. The first kappa shape index (κ1) is 11.5. The normalized spacial score (nSPS) is 10.8. The molecular weight excluding hydrogens is 218 g/mol. The molecule has 2 aromatic rings. The number of hydrogen-bond acceptors (Lipinski definition) is 3. The van der Waals surface area contributed by atoms with Gasteiger partial charge in [-0.25, -0.2) is 0 Å².